The zero-order valence-electron chi connectivity index (χ0n) is 6.60. The van der Waals surface area contributed by atoms with Gasteiger partial charge in [-0.15, -0.1) is 11.8 Å². The second-order valence-electron chi connectivity index (χ2n) is 2.25. The Morgan fingerprint density at radius 2 is 1.83 bits per heavy atom. The highest BCUT2D eigenvalue weighted by atomic mass is 79.9. The van der Waals surface area contributed by atoms with Crippen molar-refractivity contribution in [2.45, 2.75) is 11.8 Å². The Bertz CT molecular complexity index is 265. The third-order valence-corrected chi connectivity index (χ3v) is 4.10. The Kier molecular flexibility index (Phi) is 3.93. The van der Waals surface area contributed by atoms with E-state index in [1.54, 1.807) is 11.8 Å². The Hall–Kier alpha value is 0.330. The normalized spacial score (nSPS) is 10.2. The van der Waals surface area contributed by atoms with E-state index in [9.17, 15) is 0 Å². The molecule has 0 heterocycles. The predicted molar refractivity (Wildman–Crippen MR) is 62.7 cm³/mol. The van der Waals surface area contributed by atoms with Crippen LogP contribution in [0.3, 0.4) is 0 Å². The van der Waals surface area contributed by atoms with E-state index in [-0.39, 0.29) is 0 Å². The molecule has 0 aliphatic rings. The van der Waals surface area contributed by atoms with Crippen LogP contribution >= 0.6 is 43.6 Å². The molecule has 0 aliphatic heterocycles. The second kappa shape index (κ2) is 4.53. The lowest BCUT2D eigenvalue weighted by Crippen LogP contribution is -1.87. The van der Waals surface area contributed by atoms with Crippen molar-refractivity contribution in [3.05, 3.63) is 21.1 Å². The molecule has 0 amide bonds. The zero-order chi connectivity index (χ0) is 9.14. The number of rotatable bonds is 2. The molecule has 0 aliphatic carbocycles. The quantitative estimate of drug-likeness (QED) is 0.662. The molecule has 0 radical (unpaired) electrons. The smallest absolute Gasteiger partial charge is 0.0358 e. The first-order valence-corrected chi connectivity index (χ1v) is 6.09. The molecule has 0 fully saturated rings. The van der Waals surface area contributed by atoms with E-state index in [0.29, 0.717) is 0 Å². The van der Waals surface area contributed by atoms with Gasteiger partial charge in [0.1, 0.15) is 0 Å². The fraction of sp³-hybridized carbons (Fsp3) is 0.250. The molecule has 66 valence electrons. The molecule has 4 heteroatoms. The van der Waals surface area contributed by atoms with Crippen molar-refractivity contribution in [3.8, 4) is 0 Å². The number of nitrogen functional groups attached to an aromatic ring is 1. The molecule has 0 unspecified atom stereocenters. The summed E-state index contributed by atoms with van der Waals surface area (Å²) in [5.74, 6) is 1.06. The number of thioether (sulfide) groups is 1. The molecule has 1 aromatic carbocycles. The van der Waals surface area contributed by atoms with Gasteiger partial charge in [0, 0.05) is 19.5 Å². The van der Waals surface area contributed by atoms with Crippen LogP contribution in [-0.4, -0.2) is 5.75 Å². The van der Waals surface area contributed by atoms with Gasteiger partial charge in [0.25, 0.3) is 0 Å². The van der Waals surface area contributed by atoms with Crippen LogP contribution in [0.15, 0.2) is 26.0 Å². The average molecular weight is 311 g/mol. The molecular formula is C8H9Br2NS. The van der Waals surface area contributed by atoms with Crippen LogP contribution in [0, 0.1) is 0 Å². The summed E-state index contributed by atoms with van der Waals surface area (Å²) in [6, 6.07) is 3.84. The van der Waals surface area contributed by atoms with E-state index in [4.69, 9.17) is 5.73 Å². The van der Waals surface area contributed by atoms with Crippen molar-refractivity contribution >= 4 is 49.3 Å². The van der Waals surface area contributed by atoms with Gasteiger partial charge in [-0.2, -0.15) is 0 Å². The number of halogens is 2. The van der Waals surface area contributed by atoms with Gasteiger partial charge in [0.05, 0.1) is 0 Å². The van der Waals surface area contributed by atoms with Crippen molar-refractivity contribution in [3.63, 3.8) is 0 Å². The van der Waals surface area contributed by atoms with Crippen molar-refractivity contribution in [1.29, 1.82) is 0 Å². The Balaban J connectivity index is 3.10. The summed E-state index contributed by atoms with van der Waals surface area (Å²) in [6.45, 7) is 2.12. The second-order valence-corrected chi connectivity index (χ2v) is 5.23. The summed E-state index contributed by atoms with van der Waals surface area (Å²) in [5.41, 5.74) is 6.43. The first-order chi connectivity index (χ1) is 5.65. The Labute approximate surface area is 93.4 Å². The molecule has 0 saturated carbocycles. The number of hydrogen-bond acceptors (Lipinski definition) is 2. The van der Waals surface area contributed by atoms with Crippen molar-refractivity contribution in [1.82, 2.24) is 0 Å². The van der Waals surface area contributed by atoms with Gasteiger partial charge < -0.3 is 5.73 Å². The van der Waals surface area contributed by atoms with Gasteiger partial charge in [-0.05, 0) is 49.7 Å². The number of anilines is 1. The molecule has 12 heavy (non-hydrogen) atoms. The number of hydrogen-bond donors (Lipinski definition) is 1. The lowest BCUT2D eigenvalue weighted by atomic mass is 10.3. The van der Waals surface area contributed by atoms with E-state index >= 15 is 0 Å². The highest BCUT2D eigenvalue weighted by Gasteiger charge is 2.05. The summed E-state index contributed by atoms with van der Waals surface area (Å²) in [7, 11) is 0. The minimum absolute atomic E-state index is 0.772. The van der Waals surface area contributed by atoms with E-state index in [0.717, 1.165) is 20.4 Å². The molecule has 1 rings (SSSR count). The molecule has 2 N–H and O–H groups in total. The maximum atomic E-state index is 5.66. The average Bonchev–Trinajstić information content (AvgIpc) is 1.96. The van der Waals surface area contributed by atoms with Gasteiger partial charge in [0.15, 0.2) is 0 Å². The Morgan fingerprint density at radius 1 is 1.33 bits per heavy atom. The van der Waals surface area contributed by atoms with Gasteiger partial charge in [-0.1, -0.05) is 6.92 Å². The van der Waals surface area contributed by atoms with Crippen LogP contribution in [0.25, 0.3) is 0 Å². The maximum Gasteiger partial charge on any atom is 0.0358 e. The summed E-state index contributed by atoms with van der Waals surface area (Å²) < 4.78 is 2.11. The lowest BCUT2D eigenvalue weighted by Gasteiger charge is -2.06. The minimum atomic E-state index is 0.772. The van der Waals surface area contributed by atoms with Gasteiger partial charge >= 0.3 is 0 Å². The standard InChI is InChI=1S/C8H9Br2NS/c1-2-12-8-6(9)3-5(11)4-7(8)10/h3-4H,2,11H2,1H3. The third kappa shape index (κ3) is 2.41. The first kappa shape index (κ1) is 10.4. The summed E-state index contributed by atoms with van der Waals surface area (Å²) in [5, 5.41) is 0. The third-order valence-electron chi connectivity index (χ3n) is 1.31. The topological polar surface area (TPSA) is 26.0 Å². The van der Waals surface area contributed by atoms with Crippen LogP contribution in [0.5, 0.6) is 0 Å². The minimum Gasteiger partial charge on any atom is -0.399 e. The summed E-state index contributed by atoms with van der Waals surface area (Å²) in [6.07, 6.45) is 0. The summed E-state index contributed by atoms with van der Waals surface area (Å²) in [4.78, 5) is 1.21. The monoisotopic (exact) mass is 309 g/mol. The van der Waals surface area contributed by atoms with E-state index in [1.165, 1.54) is 4.90 Å². The molecule has 0 spiro atoms. The van der Waals surface area contributed by atoms with Gasteiger partial charge in [-0.25, -0.2) is 0 Å². The van der Waals surface area contributed by atoms with Crippen LogP contribution < -0.4 is 5.73 Å². The van der Waals surface area contributed by atoms with E-state index < -0.39 is 0 Å². The van der Waals surface area contributed by atoms with Crippen molar-refractivity contribution < 1.29 is 0 Å². The molecule has 0 bridgehead atoms. The number of benzene rings is 1. The largest absolute Gasteiger partial charge is 0.399 e. The van der Waals surface area contributed by atoms with Crippen LogP contribution in [-0.2, 0) is 0 Å². The van der Waals surface area contributed by atoms with Gasteiger partial charge in [0.2, 0.25) is 0 Å². The maximum absolute atomic E-state index is 5.66. The SMILES string of the molecule is CCSc1c(Br)cc(N)cc1Br. The lowest BCUT2D eigenvalue weighted by molar-refractivity contribution is 1.35. The van der Waals surface area contributed by atoms with Crippen molar-refractivity contribution in [2.24, 2.45) is 0 Å². The Morgan fingerprint density at radius 3 is 2.25 bits per heavy atom. The molecular weight excluding hydrogens is 302 g/mol. The molecule has 1 nitrogen and oxygen atoms in total. The number of nitrogens with two attached hydrogens (primary N) is 1. The zero-order valence-corrected chi connectivity index (χ0v) is 10.6. The van der Waals surface area contributed by atoms with Crippen LogP contribution in [0.4, 0.5) is 5.69 Å². The molecule has 1 aromatic rings. The molecule has 0 atom stereocenters. The summed E-state index contributed by atoms with van der Waals surface area (Å²) >= 11 is 8.72. The fourth-order valence-electron chi connectivity index (χ4n) is 0.862. The molecule has 0 aromatic heterocycles. The highest BCUT2D eigenvalue weighted by molar-refractivity contribution is 9.11. The highest BCUT2D eigenvalue weighted by Crippen LogP contribution is 2.36. The van der Waals surface area contributed by atoms with E-state index in [2.05, 4.69) is 38.8 Å². The fourth-order valence-corrected chi connectivity index (χ4v) is 3.45. The van der Waals surface area contributed by atoms with Gasteiger partial charge in [-0.3, -0.25) is 0 Å². The van der Waals surface area contributed by atoms with Crippen LogP contribution in [0.1, 0.15) is 6.92 Å². The van der Waals surface area contributed by atoms with E-state index in [1.807, 2.05) is 12.1 Å². The van der Waals surface area contributed by atoms with Crippen LogP contribution in [0.2, 0.25) is 0 Å². The van der Waals surface area contributed by atoms with Crippen molar-refractivity contribution in [2.75, 3.05) is 11.5 Å². The molecule has 0 saturated heterocycles. The predicted octanol–water partition coefficient (Wildman–Crippen LogP) is 3.91. The first-order valence-electron chi connectivity index (χ1n) is 3.52.